The molecule has 0 heterocycles. The van der Waals surface area contributed by atoms with Crippen LogP contribution in [0.25, 0.3) is 0 Å². The summed E-state index contributed by atoms with van der Waals surface area (Å²) in [5.41, 5.74) is 1.13. The summed E-state index contributed by atoms with van der Waals surface area (Å²) < 4.78 is 32.8. The lowest BCUT2D eigenvalue weighted by Gasteiger charge is -2.16. The van der Waals surface area contributed by atoms with Gasteiger partial charge in [-0.25, -0.2) is 13.2 Å². The standard InChI is InChI=1S/C20H24N2O5S/c1-5-14(3)21-19(23)16-8-6-7-9-18(16)22-28(25,26)15-11-10-13(2)17(12-15)20(24)27-4/h6-12,14,22H,5H2,1-4H3,(H,21,23)/t14-/m0/s1. The van der Waals surface area contributed by atoms with E-state index >= 15 is 0 Å². The maximum atomic E-state index is 12.8. The summed E-state index contributed by atoms with van der Waals surface area (Å²) in [6.45, 7) is 5.49. The number of aryl methyl sites for hydroxylation is 1. The van der Waals surface area contributed by atoms with Gasteiger partial charge in [-0.2, -0.15) is 0 Å². The van der Waals surface area contributed by atoms with Crippen LogP contribution in [0.2, 0.25) is 0 Å². The lowest BCUT2D eigenvalue weighted by molar-refractivity contribution is 0.0599. The SMILES string of the molecule is CC[C@H](C)NC(=O)c1ccccc1NS(=O)(=O)c1ccc(C)c(C(=O)OC)c1. The van der Waals surface area contributed by atoms with Crippen LogP contribution in [0.5, 0.6) is 0 Å². The zero-order valence-corrected chi connectivity index (χ0v) is 17.1. The van der Waals surface area contributed by atoms with Crippen molar-refractivity contribution in [3.63, 3.8) is 0 Å². The number of sulfonamides is 1. The van der Waals surface area contributed by atoms with E-state index in [9.17, 15) is 18.0 Å². The van der Waals surface area contributed by atoms with Crippen molar-refractivity contribution in [1.29, 1.82) is 0 Å². The van der Waals surface area contributed by atoms with Crippen LogP contribution >= 0.6 is 0 Å². The van der Waals surface area contributed by atoms with Gasteiger partial charge in [0.2, 0.25) is 0 Å². The second-order valence-corrected chi connectivity index (χ2v) is 8.08. The molecule has 0 radical (unpaired) electrons. The molecule has 150 valence electrons. The normalized spacial score (nSPS) is 12.1. The largest absolute Gasteiger partial charge is 0.465 e. The fourth-order valence-electron chi connectivity index (χ4n) is 2.48. The molecule has 0 bridgehead atoms. The molecular weight excluding hydrogens is 380 g/mol. The van der Waals surface area contributed by atoms with Gasteiger partial charge in [0.05, 0.1) is 28.8 Å². The Bertz CT molecular complexity index is 986. The topological polar surface area (TPSA) is 102 Å². The number of para-hydroxylation sites is 1. The van der Waals surface area contributed by atoms with Gasteiger partial charge < -0.3 is 10.1 Å². The molecule has 2 aromatic carbocycles. The number of nitrogens with one attached hydrogen (secondary N) is 2. The molecule has 1 atom stereocenters. The summed E-state index contributed by atoms with van der Waals surface area (Å²) in [6, 6.07) is 10.5. The number of carbonyl (C=O) groups is 2. The van der Waals surface area contributed by atoms with Crippen LogP contribution < -0.4 is 10.0 Å². The Morgan fingerprint density at radius 1 is 1.11 bits per heavy atom. The van der Waals surface area contributed by atoms with Crippen LogP contribution in [0, 0.1) is 6.92 Å². The number of hydrogen-bond donors (Lipinski definition) is 2. The summed E-state index contributed by atoms with van der Waals surface area (Å²) in [5, 5.41) is 2.82. The van der Waals surface area contributed by atoms with Crippen molar-refractivity contribution in [3.8, 4) is 0 Å². The molecule has 7 nitrogen and oxygen atoms in total. The van der Waals surface area contributed by atoms with E-state index in [-0.39, 0.29) is 33.7 Å². The van der Waals surface area contributed by atoms with Crippen molar-refractivity contribution in [3.05, 3.63) is 59.2 Å². The fourth-order valence-corrected chi connectivity index (χ4v) is 3.58. The second-order valence-electron chi connectivity index (χ2n) is 6.40. The summed E-state index contributed by atoms with van der Waals surface area (Å²) in [7, 11) is -2.79. The number of hydrogen-bond acceptors (Lipinski definition) is 5. The van der Waals surface area contributed by atoms with Crippen LogP contribution in [0.1, 0.15) is 46.5 Å². The molecule has 0 aliphatic rings. The van der Waals surface area contributed by atoms with Crippen LogP contribution in [-0.2, 0) is 14.8 Å². The van der Waals surface area contributed by atoms with Crippen molar-refractivity contribution in [2.24, 2.45) is 0 Å². The minimum absolute atomic E-state index is 0.0446. The van der Waals surface area contributed by atoms with Gasteiger partial charge >= 0.3 is 5.97 Å². The molecule has 0 saturated heterocycles. The number of amides is 1. The zero-order valence-electron chi connectivity index (χ0n) is 16.3. The first-order valence-corrected chi connectivity index (χ1v) is 10.3. The van der Waals surface area contributed by atoms with Gasteiger partial charge in [0.25, 0.3) is 15.9 Å². The molecule has 0 aromatic heterocycles. The van der Waals surface area contributed by atoms with Gasteiger partial charge in [-0.15, -0.1) is 0 Å². The quantitative estimate of drug-likeness (QED) is 0.691. The molecule has 0 unspecified atom stereocenters. The lowest BCUT2D eigenvalue weighted by atomic mass is 10.1. The van der Waals surface area contributed by atoms with Crippen LogP contribution in [0.15, 0.2) is 47.4 Å². The van der Waals surface area contributed by atoms with Crippen molar-refractivity contribution in [1.82, 2.24) is 5.32 Å². The van der Waals surface area contributed by atoms with E-state index in [0.29, 0.717) is 5.56 Å². The number of benzene rings is 2. The minimum Gasteiger partial charge on any atom is -0.465 e. The molecule has 0 saturated carbocycles. The van der Waals surface area contributed by atoms with E-state index < -0.39 is 16.0 Å². The Balaban J connectivity index is 2.38. The summed E-state index contributed by atoms with van der Waals surface area (Å²) >= 11 is 0. The molecule has 0 aliphatic heterocycles. The van der Waals surface area contributed by atoms with Gasteiger partial charge in [0, 0.05) is 6.04 Å². The second kappa shape index (κ2) is 8.88. The average molecular weight is 404 g/mol. The van der Waals surface area contributed by atoms with E-state index in [2.05, 4.69) is 10.0 Å². The Hall–Kier alpha value is -2.87. The Morgan fingerprint density at radius 2 is 1.79 bits per heavy atom. The highest BCUT2D eigenvalue weighted by molar-refractivity contribution is 7.92. The van der Waals surface area contributed by atoms with E-state index in [0.717, 1.165) is 6.42 Å². The first-order chi connectivity index (χ1) is 13.2. The van der Waals surface area contributed by atoms with Crippen LogP contribution in [0.4, 0.5) is 5.69 Å². The maximum absolute atomic E-state index is 12.8. The van der Waals surface area contributed by atoms with Crippen LogP contribution in [0.3, 0.4) is 0 Å². The number of rotatable bonds is 7. The molecule has 0 aliphatic carbocycles. The molecule has 0 spiro atoms. The molecule has 2 rings (SSSR count). The van der Waals surface area contributed by atoms with Gasteiger partial charge in [-0.1, -0.05) is 25.1 Å². The number of carbonyl (C=O) groups excluding carboxylic acids is 2. The van der Waals surface area contributed by atoms with Crippen molar-refractivity contribution in [2.45, 2.75) is 38.1 Å². The molecule has 0 fully saturated rings. The molecule has 8 heteroatoms. The molecule has 28 heavy (non-hydrogen) atoms. The molecule has 1 amide bonds. The third kappa shape index (κ3) is 4.89. The number of ether oxygens (including phenoxy) is 1. The Morgan fingerprint density at radius 3 is 2.43 bits per heavy atom. The van der Waals surface area contributed by atoms with Crippen LogP contribution in [-0.4, -0.2) is 33.4 Å². The molecule has 2 aromatic rings. The molecule has 2 N–H and O–H groups in total. The number of methoxy groups -OCH3 is 1. The highest BCUT2D eigenvalue weighted by atomic mass is 32.2. The zero-order chi connectivity index (χ0) is 20.9. The van der Waals surface area contributed by atoms with Gasteiger partial charge in [-0.05, 0) is 50.1 Å². The smallest absolute Gasteiger partial charge is 0.338 e. The van der Waals surface area contributed by atoms with E-state index in [1.807, 2.05) is 13.8 Å². The fraction of sp³-hybridized carbons (Fsp3) is 0.300. The monoisotopic (exact) mass is 404 g/mol. The summed E-state index contributed by atoms with van der Waals surface area (Å²) in [5.74, 6) is -0.991. The van der Waals surface area contributed by atoms with Gasteiger partial charge in [0.1, 0.15) is 0 Å². The first-order valence-electron chi connectivity index (χ1n) is 8.81. The third-order valence-electron chi connectivity index (χ3n) is 4.33. The van der Waals surface area contributed by atoms with E-state index in [1.165, 1.54) is 31.4 Å². The summed E-state index contributed by atoms with van der Waals surface area (Å²) in [4.78, 5) is 24.2. The Kier molecular flexibility index (Phi) is 6.80. The van der Waals surface area contributed by atoms with Crippen molar-refractivity contribution < 1.29 is 22.7 Å². The maximum Gasteiger partial charge on any atom is 0.338 e. The minimum atomic E-state index is -4.02. The van der Waals surface area contributed by atoms with Crippen molar-refractivity contribution in [2.75, 3.05) is 11.8 Å². The van der Waals surface area contributed by atoms with E-state index in [1.54, 1.807) is 25.1 Å². The average Bonchev–Trinajstić information content (AvgIpc) is 2.67. The van der Waals surface area contributed by atoms with E-state index in [4.69, 9.17) is 4.74 Å². The highest BCUT2D eigenvalue weighted by Crippen LogP contribution is 2.22. The summed E-state index contributed by atoms with van der Waals surface area (Å²) in [6.07, 6.45) is 0.749. The number of anilines is 1. The lowest BCUT2D eigenvalue weighted by Crippen LogP contribution is -2.32. The predicted octanol–water partition coefficient (Wildman–Crippen LogP) is 3.11. The molecular formula is C20H24N2O5S. The third-order valence-corrected chi connectivity index (χ3v) is 5.69. The predicted molar refractivity (Wildman–Crippen MR) is 107 cm³/mol. The number of esters is 1. The van der Waals surface area contributed by atoms with Crippen molar-refractivity contribution >= 4 is 27.6 Å². The highest BCUT2D eigenvalue weighted by Gasteiger charge is 2.21. The van der Waals surface area contributed by atoms with Gasteiger partial charge in [-0.3, -0.25) is 9.52 Å². The van der Waals surface area contributed by atoms with Gasteiger partial charge in [0.15, 0.2) is 0 Å². The Labute approximate surface area is 165 Å². The first kappa shape index (κ1) is 21.4.